The van der Waals surface area contributed by atoms with Crippen LogP contribution in [0.25, 0.3) is 0 Å². The normalized spacial score (nSPS) is 25.3. The zero-order valence-electron chi connectivity index (χ0n) is 16.0. The summed E-state index contributed by atoms with van der Waals surface area (Å²) < 4.78 is 11.2. The molecule has 0 radical (unpaired) electrons. The van der Waals surface area contributed by atoms with Gasteiger partial charge in [-0.2, -0.15) is 0 Å². The Balaban J connectivity index is 1.24. The fourth-order valence-corrected chi connectivity index (χ4v) is 3.92. The van der Waals surface area contributed by atoms with Gasteiger partial charge in [0.25, 0.3) is 5.91 Å². The van der Waals surface area contributed by atoms with E-state index in [2.05, 4.69) is 22.0 Å². The molecule has 1 aliphatic carbocycles. The van der Waals surface area contributed by atoms with Gasteiger partial charge >= 0.3 is 0 Å². The number of nitrogens with one attached hydrogen (secondary N) is 1. The molecule has 1 saturated carbocycles. The number of ether oxygens (including phenoxy) is 1. The Hall–Kier alpha value is -1.37. The van der Waals surface area contributed by atoms with Gasteiger partial charge in [-0.3, -0.25) is 14.6 Å². The fourth-order valence-electron chi connectivity index (χ4n) is 3.92. The van der Waals surface area contributed by atoms with E-state index in [0.717, 1.165) is 51.8 Å². The lowest BCUT2D eigenvalue weighted by atomic mass is 9.88. The third-order valence-electron chi connectivity index (χ3n) is 5.70. The van der Waals surface area contributed by atoms with E-state index in [1.165, 1.54) is 31.9 Å². The summed E-state index contributed by atoms with van der Waals surface area (Å²) in [5, 5.41) is 2.91. The molecule has 2 fully saturated rings. The molecule has 2 aliphatic rings. The molecular weight excluding hydrogens is 330 g/mol. The molecule has 2 heterocycles. The molecule has 1 aliphatic heterocycles. The maximum absolute atomic E-state index is 11.8. The number of furan rings is 1. The zero-order valence-corrected chi connectivity index (χ0v) is 16.0. The van der Waals surface area contributed by atoms with Crippen molar-refractivity contribution in [3.05, 3.63) is 24.2 Å². The van der Waals surface area contributed by atoms with E-state index in [9.17, 15) is 4.79 Å². The highest BCUT2D eigenvalue weighted by Gasteiger charge is 2.22. The maximum Gasteiger partial charge on any atom is 0.287 e. The first-order chi connectivity index (χ1) is 12.7. The van der Waals surface area contributed by atoms with Crippen LogP contribution in [0.5, 0.6) is 0 Å². The topological polar surface area (TPSA) is 58.0 Å². The number of piperazine rings is 1. The summed E-state index contributed by atoms with van der Waals surface area (Å²) in [6.45, 7) is 10.0. The van der Waals surface area contributed by atoms with Crippen LogP contribution in [0.3, 0.4) is 0 Å². The summed E-state index contributed by atoms with van der Waals surface area (Å²) in [5.74, 6) is 0.960. The molecule has 1 saturated heterocycles. The van der Waals surface area contributed by atoms with Crippen LogP contribution in [0.2, 0.25) is 0 Å². The van der Waals surface area contributed by atoms with Gasteiger partial charge in [0.2, 0.25) is 0 Å². The number of amides is 1. The lowest BCUT2D eigenvalue weighted by molar-refractivity contribution is -0.0179. The van der Waals surface area contributed by atoms with E-state index in [0.29, 0.717) is 18.4 Å². The monoisotopic (exact) mass is 363 g/mol. The third-order valence-corrected chi connectivity index (χ3v) is 5.70. The summed E-state index contributed by atoms with van der Waals surface area (Å²) in [6, 6.07) is 3.41. The molecule has 3 rings (SSSR count). The molecule has 0 spiro atoms. The number of hydrogen-bond acceptors (Lipinski definition) is 5. The quantitative estimate of drug-likeness (QED) is 0.767. The second-order valence-electron chi connectivity index (χ2n) is 7.59. The van der Waals surface area contributed by atoms with Crippen LogP contribution in [0.1, 0.15) is 43.2 Å². The highest BCUT2D eigenvalue weighted by Crippen LogP contribution is 2.26. The molecule has 146 valence electrons. The smallest absolute Gasteiger partial charge is 0.287 e. The Bertz CT molecular complexity index is 526. The summed E-state index contributed by atoms with van der Waals surface area (Å²) in [6.07, 6.45) is 7.24. The SMILES string of the molecule is C[C@H]1CCCC[C@@H]1OCCN1CCN(CCNC(=O)c2ccco2)CC1. The second-order valence-corrected chi connectivity index (χ2v) is 7.59. The highest BCUT2D eigenvalue weighted by atomic mass is 16.5. The Morgan fingerprint density at radius 3 is 2.62 bits per heavy atom. The average Bonchev–Trinajstić information content (AvgIpc) is 3.19. The second kappa shape index (κ2) is 10.1. The van der Waals surface area contributed by atoms with Crippen LogP contribution in [0.4, 0.5) is 0 Å². The van der Waals surface area contributed by atoms with E-state index >= 15 is 0 Å². The zero-order chi connectivity index (χ0) is 18.2. The minimum absolute atomic E-state index is 0.136. The molecule has 1 N–H and O–H groups in total. The Morgan fingerprint density at radius 1 is 1.19 bits per heavy atom. The average molecular weight is 364 g/mol. The summed E-state index contributed by atoms with van der Waals surface area (Å²) in [7, 11) is 0. The molecule has 2 atom stereocenters. The van der Waals surface area contributed by atoms with E-state index in [-0.39, 0.29) is 5.91 Å². The summed E-state index contributed by atoms with van der Waals surface area (Å²) in [4.78, 5) is 16.7. The Labute approximate surface area is 156 Å². The largest absolute Gasteiger partial charge is 0.459 e. The number of carbonyl (C=O) groups excluding carboxylic acids is 1. The fraction of sp³-hybridized carbons (Fsp3) is 0.750. The number of rotatable bonds is 8. The lowest BCUT2D eigenvalue weighted by Crippen LogP contribution is -2.49. The van der Waals surface area contributed by atoms with Gasteiger partial charge in [0, 0.05) is 45.8 Å². The van der Waals surface area contributed by atoms with Crippen molar-refractivity contribution < 1.29 is 13.9 Å². The molecule has 1 aromatic rings. The molecular formula is C20H33N3O3. The van der Waals surface area contributed by atoms with Gasteiger partial charge in [-0.25, -0.2) is 0 Å². The van der Waals surface area contributed by atoms with Gasteiger partial charge in [-0.15, -0.1) is 0 Å². The minimum Gasteiger partial charge on any atom is -0.459 e. The van der Waals surface area contributed by atoms with Crippen molar-refractivity contribution in [1.29, 1.82) is 0 Å². The molecule has 1 aromatic heterocycles. The van der Waals surface area contributed by atoms with Crippen molar-refractivity contribution in [2.45, 2.75) is 38.7 Å². The van der Waals surface area contributed by atoms with E-state index in [1.54, 1.807) is 12.1 Å². The van der Waals surface area contributed by atoms with Gasteiger partial charge in [-0.1, -0.05) is 19.8 Å². The number of nitrogens with zero attached hydrogens (tertiary/aromatic N) is 2. The van der Waals surface area contributed by atoms with Crippen LogP contribution in [0, 0.1) is 5.92 Å². The Morgan fingerprint density at radius 2 is 1.92 bits per heavy atom. The molecule has 0 aromatic carbocycles. The predicted octanol–water partition coefficient (Wildman–Crippen LogP) is 2.22. The van der Waals surface area contributed by atoms with Crippen LogP contribution in [-0.4, -0.2) is 74.2 Å². The van der Waals surface area contributed by atoms with Crippen LogP contribution in [-0.2, 0) is 4.74 Å². The van der Waals surface area contributed by atoms with Gasteiger partial charge in [0.15, 0.2) is 5.76 Å². The lowest BCUT2D eigenvalue weighted by Gasteiger charge is -2.35. The van der Waals surface area contributed by atoms with Crippen LogP contribution in [0.15, 0.2) is 22.8 Å². The minimum atomic E-state index is -0.136. The van der Waals surface area contributed by atoms with E-state index < -0.39 is 0 Å². The molecule has 0 unspecified atom stereocenters. The molecule has 6 heteroatoms. The number of hydrogen-bond donors (Lipinski definition) is 1. The summed E-state index contributed by atoms with van der Waals surface area (Å²) >= 11 is 0. The van der Waals surface area contributed by atoms with Gasteiger partial charge < -0.3 is 14.5 Å². The van der Waals surface area contributed by atoms with Crippen LogP contribution >= 0.6 is 0 Å². The standard InChI is InChI=1S/C20H33N3O3/c1-17-5-2-3-6-18(17)26-16-14-23-12-10-22(11-13-23)9-8-21-20(24)19-7-4-15-25-19/h4,7,15,17-18H,2-3,5-6,8-14,16H2,1H3,(H,21,24)/t17-,18-/m0/s1. The van der Waals surface area contributed by atoms with Crippen LogP contribution < -0.4 is 5.32 Å². The molecule has 1 amide bonds. The first kappa shape index (κ1) is 19.4. The predicted molar refractivity (Wildman–Crippen MR) is 101 cm³/mol. The Kier molecular flexibility index (Phi) is 7.53. The van der Waals surface area contributed by atoms with Crippen molar-refractivity contribution in [2.75, 3.05) is 52.4 Å². The van der Waals surface area contributed by atoms with Crippen molar-refractivity contribution in [3.8, 4) is 0 Å². The highest BCUT2D eigenvalue weighted by molar-refractivity contribution is 5.91. The summed E-state index contributed by atoms with van der Waals surface area (Å²) in [5.41, 5.74) is 0. The molecule has 6 nitrogen and oxygen atoms in total. The van der Waals surface area contributed by atoms with Crippen molar-refractivity contribution in [1.82, 2.24) is 15.1 Å². The van der Waals surface area contributed by atoms with Crippen molar-refractivity contribution in [2.24, 2.45) is 5.92 Å². The molecule has 26 heavy (non-hydrogen) atoms. The van der Waals surface area contributed by atoms with Gasteiger partial charge in [0.05, 0.1) is 19.0 Å². The molecule has 0 bridgehead atoms. The maximum atomic E-state index is 11.8. The van der Waals surface area contributed by atoms with Crippen molar-refractivity contribution >= 4 is 5.91 Å². The van der Waals surface area contributed by atoms with E-state index in [4.69, 9.17) is 9.15 Å². The number of carbonyl (C=O) groups is 1. The van der Waals surface area contributed by atoms with Crippen molar-refractivity contribution in [3.63, 3.8) is 0 Å². The first-order valence-electron chi connectivity index (χ1n) is 10.1. The van der Waals surface area contributed by atoms with Gasteiger partial charge in [-0.05, 0) is 30.9 Å². The van der Waals surface area contributed by atoms with Gasteiger partial charge in [0.1, 0.15) is 0 Å². The van der Waals surface area contributed by atoms with E-state index in [1.807, 2.05) is 0 Å². The third kappa shape index (κ3) is 5.83. The first-order valence-corrected chi connectivity index (χ1v) is 10.1.